The van der Waals surface area contributed by atoms with Crippen LogP contribution in [0.1, 0.15) is 71.8 Å². The average molecular weight is 472 g/mol. The molecule has 1 aliphatic rings. The normalized spacial score (nSPS) is 17.0. The van der Waals surface area contributed by atoms with E-state index in [0.717, 1.165) is 17.5 Å². The third kappa shape index (κ3) is 7.03. The molecule has 0 bridgehead atoms. The predicted molar refractivity (Wildman–Crippen MR) is 126 cm³/mol. The van der Waals surface area contributed by atoms with Crippen molar-refractivity contribution in [1.29, 1.82) is 0 Å². The summed E-state index contributed by atoms with van der Waals surface area (Å²) in [6, 6.07) is 7.42. The van der Waals surface area contributed by atoms with Crippen LogP contribution in [0.5, 0.6) is 0 Å². The molecule has 0 radical (unpaired) electrons. The maximum absolute atomic E-state index is 12.5. The van der Waals surface area contributed by atoms with Crippen LogP contribution in [0.2, 0.25) is 0 Å². The number of aromatic nitrogens is 2. The number of hydrogen-bond acceptors (Lipinski definition) is 7. The van der Waals surface area contributed by atoms with Crippen LogP contribution in [0, 0.1) is 6.92 Å². The van der Waals surface area contributed by atoms with Crippen LogP contribution in [-0.2, 0) is 9.47 Å². The lowest BCUT2D eigenvalue weighted by Gasteiger charge is -2.27. The molecule has 34 heavy (non-hydrogen) atoms. The highest BCUT2D eigenvalue weighted by Crippen LogP contribution is 2.32. The zero-order valence-corrected chi connectivity index (χ0v) is 20.8. The number of benzene rings is 1. The molecular weight excluding hydrogens is 438 g/mol. The van der Waals surface area contributed by atoms with Crippen molar-refractivity contribution in [3.63, 3.8) is 0 Å². The van der Waals surface area contributed by atoms with Crippen LogP contribution in [0.25, 0.3) is 11.5 Å². The van der Waals surface area contributed by atoms with Crippen LogP contribution in [0.15, 0.2) is 33.8 Å². The molecule has 0 aliphatic carbocycles. The van der Waals surface area contributed by atoms with Gasteiger partial charge in [0.1, 0.15) is 11.2 Å². The van der Waals surface area contributed by atoms with Crippen LogP contribution in [0.3, 0.4) is 0 Å². The van der Waals surface area contributed by atoms with Crippen molar-refractivity contribution in [2.75, 3.05) is 6.54 Å². The molecule has 1 aliphatic heterocycles. The highest BCUT2D eigenvalue weighted by atomic mass is 16.6. The first-order chi connectivity index (χ1) is 15.8. The lowest BCUT2D eigenvalue weighted by molar-refractivity contribution is 0.0553. The molecule has 0 unspecified atom stereocenters. The zero-order chi connectivity index (χ0) is 25.1. The van der Waals surface area contributed by atoms with Gasteiger partial charge in [-0.05, 0) is 73.4 Å². The number of alkyl carbamates (subject to hydrolysis) is 1. The van der Waals surface area contributed by atoms with Gasteiger partial charge >= 0.3 is 12.2 Å². The van der Waals surface area contributed by atoms with Gasteiger partial charge in [-0.25, -0.2) is 9.59 Å². The van der Waals surface area contributed by atoms with Crippen LogP contribution in [0.4, 0.5) is 9.59 Å². The Kier molecular flexibility index (Phi) is 7.28. The Hall–Kier alpha value is -3.43. The molecule has 184 valence electrons. The number of carbonyl (C=O) groups excluding carboxylic acids is 2. The summed E-state index contributed by atoms with van der Waals surface area (Å²) in [5.74, 6) is 0.858. The molecule has 1 aromatic heterocycles. The zero-order valence-electron chi connectivity index (χ0n) is 20.8. The number of guanidine groups is 1. The second-order valence-corrected chi connectivity index (χ2v) is 10.2. The van der Waals surface area contributed by atoms with Gasteiger partial charge < -0.3 is 18.9 Å². The highest BCUT2D eigenvalue weighted by Gasteiger charge is 2.35. The Morgan fingerprint density at radius 1 is 1.09 bits per heavy atom. The lowest BCUT2D eigenvalue weighted by Crippen LogP contribution is -2.46. The smallest absolute Gasteiger partial charge is 0.437 e. The number of likely N-dealkylation sites (tertiary alicyclic amines) is 1. The van der Waals surface area contributed by atoms with Gasteiger partial charge in [-0.15, -0.1) is 4.99 Å². The largest absolute Gasteiger partial charge is 0.444 e. The summed E-state index contributed by atoms with van der Waals surface area (Å²) in [7, 11) is 0. The van der Waals surface area contributed by atoms with Gasteiger partial charge in [0.05, 0.1) is 6.04 Å². The maximum Gasteiger partial charge on any atom is 0.437 e. The number of nitrogens with zero attached hydrogens (tertiary/aromatic N) is 4. The first-order valence-electron chi connectivity index (χ1n) is 11.3. The fourth-order valence-electron chi connectivity index (χ4n) is 3.40. The van der Waals surface area contributed by atoms with Crippen molar-refractivity contribution >= 4 is 18.1 Å². The summed E-state index contributed by atoms with van der Waals surface area (Å²) in [4.78, 5) is 35.4. The van der Waals surface area contributed by atoms with Crippen LogP contribution >= 0.6 is 0 Å². The number of hydrogen-bond donors (Lipinski definition) is 1. The fraction of sp³-hybridized carbons (Fsp3) is 0.542. The van der Waals surface area contributed by atoms with Gasteiger partial charge in [0.15, 0.2) is 5.82 Å². The first kappa shape index (κ1) is 25.2. The van der Waals surface area contributed by atoms with Gasteiger partial charge in [0.25, 0.3) is 5.89 Å². The van der Waals surface area contributed by atoms with E-state index in [1.807, 2.05) is 31.2 Å². The Labute approximate surface area is 199 Å². The van der Waals surface area contributed by atoms with Crippen molar-refractivity contribution in [1.82, 2.24) is 20.4 Å². The van der Waals surface area contributed by atoms with E-state index >= 15 is 0 Å². The highest BCUT2D eigenvalue weighted by molar-refractivity contribution is 5.99. The van der Waals surface area contributed by atoms with Crippen molar-refractivity contribution in [2.24, 2.45) is 4.99 Å². The Bertz CT molecular complexity index is 1050. The molecule has 1 N–H and O–H groups in total. The monoisotopic (exact) mass is 471 g/mol. The van der Waals surface area contributed by atoms with Gasteiger partial charge in [0.2, 0.25) is 5.96 Å². The van der Waals surface area contributed by atoms with E-state index < -0.39 is 23.4 Å². The number of amides is 2. The Morgan fingerprint density at radius 3 is 2.35 bits per heavy atom. The summed E-state index contributed by atoms with van der Waals surface area (Å²) >= 11 is 0. The number of ether oxygens (including phenoxy) is 2. The summed E-state index contributed by atoms with van der Waals surface area (Å²) in [5, 5.41) is 6.77. The summed E-state index contributed by atoms with van der Waals surface area (Å²) in [6.45, 7) is 13.0. The first-order valence-corrected chi connectivity index (χ1v) is 11.3. The van der Waals surface area contributed by atoms with Gasteiger partial charge in [-0.1, -0.05) is 22.9 Å². The molecule has 10 nitrogen and oxygen atoms in total. The average Bonchev–Trinajstić information content (AvgIpc) is 3.34. The molecule has 2 amide bonds. The third-order valence-corrected chi connectivity index (χ3v) is 4.77. The quantitative estimate of drug-likeness (QED) is 0.480. The minimum atomic E-state index is -0.822. The summed E-state index contributed by atoms with van der Waals surface area (Å²) < 4.78 is 16.2. The molecule has 1 atom stereocenters. The van der Waals surface area contributed by atoms with Crippen molar-refractivity contribution < 1.29 is 23.6 Å². The molecule has 10 heteroatoms. The van der Waals surface area contributed by atoms with Gasteiger partial charge in [-0.3, -0.25) is 5.32 Å². The van der Waals surface area contributed by atoms with E-state index in [9.17, 15) is 9.59 Å². The van der Waals surface area contributed by atoms with E-state index in [0.29, 0.717) is 24.7 Å². The number of nitrogens with one attached hydrogen (secondary N) is 1. The minimum absolute atomic E-state index is 0.0210. The topological polar surface area (TPSA) is 119 Å². The van der Waals surface area contributed by atoms with Gasteiger partial charge in [0, 0.05) is 12.1 Å². The molecule has 1 aromatic carbocycles. The second-order valence-electron chi connectivity index (χ2n) is 10.2. The van der Waals surface area contributed by atoms with E-state index in [1.54, 1.807) is 46.4 Å². The standard InChI is InChI=1S/C24H33N5O5/c1-15-10-12-16(13-11-15)19-25-18(28-34-19)17-9-8-14-29(17)20(26-21(30)32-23(2,3)4)27-22(31)33-24(5,6)7/h10-13,17H,8-9,14H2,1-7H3,(H,26,27,30,31)/t17-/m0/s1. The van der Waals surface area contributed by atoms with Crippen molar-refractivity contribution in [3.05, 3.63) is 35.7 Å². The second kappa shape index (κ2) is 9.82. The Morgan fingerprint density at radius 2 is 1.74 bits per heavy atom. The van der Waals surface area contributed by atoms with Crippen LogP contribution < -0.4 is 5.32 Å². The Balaban J connectivity index is 1.87. The number of rotatable bonds is 2. The molecule has 2 aromatic rings. The maximum atomic E-state index is 12.5. The molecule has 2 heterocycles. The predicted octanol–water partition coefficient (Wildman–Crippen LogP) is 5.00. The van der Waals surface area contributed by atoms with Gasteiger partial charge in [-0.2, -0.15) is 4.98 Å². The summed E-state index contributed by atoms with van der Waals surface area (Å²) in [6.07, 6.45) is -0.0786. The fourth-order valence-corrected chi connectivity index (χ4v) is 3.40. The SMILES string of the molecule is Cc1ccc(-c2nc([C@@H]3CCCN3/C(=N/C(=O)OC(C)(C)C)NC(=O)OC(C)(C)C)no2)cc1. The number of carbonyl (C=O) groups is 2. The molecular formula is C24H33N5O5. The van der Waals surface area contributed by atoms with Crippen molar-refractivity contribution in [3.8, 4) is 11.5 Å². The molecule has 1 fully saturated rings. The minimum Gasteiger partial charge on any atom is -0.444 e. The molecule has 0 spiro atoms. The molecule has 1 saturated heterocycles. The molecule has 3 rings (SSSR count). The van der Waals surface area contributed by atoms with E-state index in [4.69, 9.17) is 14.0 Å². The lowest BCUT2D eigenvalue weighted by atomic mass is 10.1. The van der Waals surface area contributed by atoms with E-state index in [1.165, 1.54) is 0 Å². The van der Waals surface area contributed by atoms with E-state index in [2.05, 4.69) is 20.4 Å². The van der Waals surface area contributed by atoms with Crippen molar-refractivity contribution in [2.45, 2.75) is 78.6 Å². The molecule has 0 saturated carbocycles. The number of aliphatic imine (C=N–C) groups is 1. The third-order valence-electron chi connectivity index (χ3n) is 4.77. The summed E-state index contributed by atoms with van der Waals surface area (Å²) in [5.41, 5.74) is 0.478. The van der Waals surface area contributed by atoms with Crippen LogP contribution in [-0.4, -0.2) is 50.9 Å². The number of aryl methyl sites for hydroxylation is 1. The van der Waals surface area contributed by atoms with E-state index in [-0.39, 0.29) is 12.0 Å².